The lowest BCUT2D eigenvalue weighted by molar-refractivity contribution is -0.142. The fraction of sp³-hybridized carbons (Fsp3) is 0.400. The number of hydrogen-bond donors (Lipinski definition) is 1. The molecule has 1 aliphatic heterocycles. The van der Waals surface area contributed by atoms with Crippen LogP contribution in [0.4, 0.5) is 19.0 Å². The number of carbonyl (C=O) groups excluding carboxylic acids is 3. The molecule has 9 nitrogen and oxygen atoms in total. The number of benzene rings is 1. The molecule has 0 unspecified atom stereocenters. The number of nitrogens with zero attached hydrogens (tertiary/aromatic N) is 4. The van der Waals surface area contributed by atoms with E-state index in [1.807, 2.05) is 0 Å². The minimum atomic E-state index is -4.57. The average Bonchev–Trinajstić information content (AvgIpc) is 3.51. The molecule has 0 atom stereocenters. The highest BCUT2D eigenvalue weighted by atomic mass is 35.5. The minimum Gasteiger partial charge on any atom is -0.424 e. The SMILES string of the molecule is CCC(=O)Oc1c(Cl)cccc1C(=O)Nc1csc(C2CCN(C(=O)Cn3nc(C(F)(F)F)cc3C)CC2)n1. The Bertz CT molecular complexity index is 1380. The fourth-order valence-corrected chi connectivity index (χ4v) is 5.24. The van der Waals surface area contributed by atoms with Crippen LogP contribution in [0.1, 0.15) is 58.9 Å². The van der Waals surface area contributed by atoms with Crippen LogP contribution in [0.5, 0.6) is 5.75 Å². The van der Waals surface area contributed by atoms with E-state index >= 15 is 0 Å². The van der Waals surface area contributed by atoms with Crippen LogP contribution in [0.25, 0.3) is 0 Å². The van der Waals surface area contributed by atoms with Crippen molar-refractivity contribution >= 4 is 46.5 Å². The molecule has 2 amide bonds. The third-order valence-electron chi connectivity index (χ3n) is 6.23. The van der Waals surface area contributed by atoms with Gasteiger partial charge in [-0.05, 0) is 38.0 Å². The molecule has 14 heteroatoms. The zero-order valence-electron chi connectivity index (χ0n) is 21.0. The summed E-state index contributed by atoms with van der Waals surface area (Å²) in [5, 5.41) is 8.85. The molecule has 3 aromatic rings. The molecule has 2 aromatic heterocycles. The Labute approximate surface area is 230 Å². The summed E-state index contributed by atoms with van der Waals surface area (Å²) >= 11 is 7.51. The van der Waals surface area contributed by atoms with Gasteiger partial charge in [-0.15, -0.1) is 11.3 Å². The number of amides is 2. The zero-order valence-corrected chi connectivity index (χ0v) is 22.6. The second kappa shape index (κ2) is 11.7. The van der Waals surface area contributed by atoms with E-state index in [4.69, 9.17) is 16.3 Å². The van der Waals surface area contributed by atoms with Crippen LogP contribution in [-0.2, 0) is 22.3 Å². The highest BCUT2D eigenvalue weighted by molar-refractivity contribution is 7.10. The highest BCUT2D eigenvalue weighted by Gasteiger charge is 2.35. The molecule has 0 bridgehead atoms. The molecule has 0 radical (unpaired) electrons. The van der Waals surface area contributed by atoms with Crippen molar-refractivity contribution in [2.75, 3.05) is 18.4 Å². The molecule has 39 heavy (non-hydrogen) atoms. The Morgan fingerprint density at radius 2 is 1.95 bits per heavy atom. The number of halogens is 4. The summed E-state index contributed by atoms with van der Waals surface area (Å²) in [7, 11) is 0. The van der Waals surface area contributed by atoms with Gasteiger partial charge in [-0.2, -0.15) is 18.3 Å². The summed E-state index contributed by atoms with van der Waals surface area (Å²) in [6.07, 6.45) is -3.22. The van der Waals surface area contributed by atoms with Gasteiger partial charge < -0.3 is 15.0 Å². The van der Waals surface area contributed by atoms with E-state index in [1.54, 1.807) is 23.3 Å². The molecule has 1 fully saturated rings. The molecule has 0 spiro atoms. The number of piperidine rings is 1. The summed E-state index contributed by atoms with van der Waals surface area (Å²) in [6.45, 7) is 3.69. The van der Waals surface area contributed by atoms with Crippen molar-refractivity contribution in [1.29, 1.82) is 0 Å². The summed E-state index contributed by atoms with van der Waals surface area (Å²) in [5.74, 6) is -0.987. The number of thiazole rings is 1. The average molecular weight is 584 g/mol. The standard InChI is InChI=1S/C25H25ClF3N5O4S/c1-3-21(36)38-22-16(5-4-6-17(22)26)23(37)30-19-13-39-24(31-19)15-7-9-33(10-8-15)20(35)12-34-14(2)11-18(32-34)25(27,28)29/h4-6,11,13,15H,3,7-10,12H2,1-2H3,(H,30,37). The van der Waals surface area contributed by atoms with Crippen molar-refractivity contribution in [2.24, 2.45) is 0 Å². The number of para-hydroxylation sites is 1. The number of alkyl halides is 3. The third-order valence-corrected chi connectivity index (χ3v) is 7.54. The molecule has 1 aromatic carbocycles. The van der Waals surface area contributed by atoms with Crippen molar-refractivity contribution in [2.45, 2.75) is 51.7 Å². The van der Waals surface area contributed by atoms with Crippen LogP contribution in [0.3, 0.4) is 0 Å². The van der Waals surface area contributed by atoms with Gasteiger partial charge in [-0.25, -0.2) is 4.98 Å². The van der Waals surface area contributed by atoms with E-state index in [1.165, 1.54) is 30.4 Å². The van der Waals surface area contributed by atoms with Gasteiger partial charge in [0, 0.05) is 36.5 Å². The summed E-state index contributed by atoms with van der Waals surface area (Å²) in [4.78, 5) is 43.5. The topological polar surface area (TPSA) is 106 Å². The van der Waals surface area contributed by atoms with Gasteiger partial charge in [0.25, 0.3) is 5.91 Å². The number of nitrogens with one attached hydrogen (secondary N) is 1. The molecule has 4 rings (SSSR count). The Morgan fingerprint density at radius 1 is 1.23 bits per heavy atom. The van der Waals surface area contributed by atoms with Crippen LogP contribution in [0.15, 0.2) is 29.6 Å². The number of ether oxygens (including phenoxy) is 1. The first-order valence-corrected chi connectivity index (χ1v) is 13.4. The molecule has 1 aliphatic rings. The third kappa shape index (κ3) is 6.77. The van der Waals surface area contributed by atoms with Crippen molar-refractivity contribution < 1.29 is 32.3 Å². The lowest BCUT2D eigenvalue weighted by atomic mass is 9.97. The van der Waals surface area contributed by atoms with Gasteiger partial charge in [0.1, 0.15) is 12.4 Å². The Hall–Kier alpha value is -3.45. The van der Waals surface area contributed by atoms with E-state index in [0.717, 1.165) is 15.8 Å². The minimum absolute atomic E-state index is 0.0176. The van der Waals surface area contributed by atoms with Crippen LogP contribution in [0.2, 0.25) is 5.02 Å². The Balaban J connectivity index is 1.34. The van der Waals surface area contributed by atoms with Gasteiger partial charge in [0.15, 0.2) is 11.4 Å². The molecular weight excluding hydrogens is 559 g/mol. The number of hydrogen-bond acceptors (Lipinski definition) is 7. The summed E-state index contributed by atoms with van der Waals surface area (Å²) in [5.41, 5.74) is -0.663. The van der Waals surface area contributed by atoms with Crippen molar-refractivity contribution in [3.63, 3.8) is 0 Å². The van der Waals surface area contributed by atoms with Gasteiger partial charge in [-0.3, -0.25) is 19.1 Å². The first kappa shape index (κ1) is 28.6. The number of rotatable bonds is 7. The summed E-state index contributed by atoms with van der Waals surface area (Å²) < 4.78 is 45.0. The number of esters is 1. The van der Waals surface area contributed by atoms with Crippen LogP contribution in [-0.4, -0.2) is 50.5 Å². The maximum absolute atomic E-state index is 12.9. The lowest BCUT2D eigenvalue weighted by Crippen LogP contribution is -2.40. The monoisotopic (exact) mass is 583 g/mol. The Morgan fingerprint density at radius 3 is 2.59 bits per heavy atom. The van der Waals surface area contributed by atoms with Crippen molar-refractivity contribution in [1.82, 2.24) is 19.7 Å². The van der Waals surface area contributed by atoms with Crippen molar-refractivity contribution in [3.05, 3.63) is 56.6 Å². The second-order valence-electron chi connectivity index (χ2n) is 8.95. The van der Waals surface area contributed by atoms with Gasteiger partial charge >= 0.3 is 12.1 Å². The van der Waals surface area contributed by atoms with E-state index < -0.39 is 23.7 Å². The van der Waals surface area contributed by atoms with E-state index in [2.05, 4.69) is 15.4 Å². The maximum Gasteiger partial charge on any atom is 0.435 e. The van der Waals surface area contributed by atoms with E-state index in [9.17, 15) is 27.6 Å². The predicted octanol–water partition coefficient (Wildman–Crippen LogP) is 5.29. The molecule has 3 heterocycles. The second-order valence-corrected chi connectivity index (χ2v) is 10.2. The first-order chi connectivity index (χ1) is 18.5. The van der Waals surface area contributed by atoms with Gasteiger partial charge in [-0.1, -0.05) is 24.6 Å². The molecule has 1 N–H and O–H groups in total. The largest absolute Gasteiger partial charge is 0.435 e. The normalized spacial score (nSPS) is 14.4. The van der Waals surface area contributed by atoms with Gasteiger partial charge in [0.05, 0.1) is 15.6 Å². The predicted molar refractivity (Wildman–Crippen MR) is 138 cm³/mol. The number of likely N-dealkylation sites (tertiary alicyclic amines) is 1. The number of carbonyl (C=O) groups is 3. The summed E-state index contributed by atoms with van der Waals surface area (Å²) in [6, 6.07) is 5.51. The maximum atomic E-state index is 12.9. The van der Waals surface area contributed by atoms with Crippen LogP contribution in [0, 0.1) is 6.92 Å². The number of anilines is 1. The van der Waals surface area contributed by atoms with E-state index in [0.29, 0.717) is 31.7 Å². The van der Waals surface area contributed by atoms with Crippen LogP contribution >= 0.6 is 22.9 Å². The molecule has 1 saturated heterocycles. The fourth-order valence-electron chi connectivity index (χ4n) is 4.11. The molecule has 0 saturated carbocycles. The Kier molecular flexibility index (Phi) is 8.60. The number of aromatic nitrogens is 3. The molecule has 208 valence electrons. The van der Waals surface area contributed by atoms with Crippen molar-refractivity contribution in [3.8, 4) is 5.75 Å². The zero-order chi connectivity index (χ0) is 28.3. The quantitative estimate of drug-likeness (QED) is 0.299. The van der Waals surface area contributed by atoms with Crippen LogP contribution < -0.4 is 10.1 Å². The smallest absolute Gasteiger partial charge is 0.424 e. The molecular formula is C25H25ClF3N5O4S. The number of aryl methyl sites for hydroxylation is 1. The lowest BCUT2D eigenvalue weighted by Gasteiger charge is -2.31. The van der Waals surface area contributed by atoms with E-state index in [-0.39, 0.29) is 46.8 Å². The highest BCUT2D eigenvalue weighted by Crippen LogP contribution is 2.33. The van der Waals surface area contributed by atoms with Gasteiger partial charge in [0.2, 0.25) is 5.91 Å². The first-order valence-electron chi connectivity index (χ1n) is 12.1. The molecule has 0 aliphatic carbocycles.